The van der Waals surface area contributed by atoms with Gasteiger partial charge in [0.05, 0.1) is 18.4 Å². The Morgan fingerprint density at radius 3 is 2.79 bits per heavy atom. The predicted molar refractivity (Wildman–Crippen MR) is 70.6 cm³/mol. The van der Waals surface area contributed by atoms with Gasteiger partial charge in [0, 0.05) is 6.20 Å². The maximum absolute atomic E-state index is 11.7. The molecular formula is C14H15N3O2. The van der Waals surface area contributed by atoms with Crippen molar-refractivity contribution >= 4 is 11.6 Å². The molecule has 1 saturated carbocycles. The van der Waals surface area contributed by atoms with Crippen LogP contribution in [0.15, 0.2) is 42.7 Å². The number of carbonyl (C=O) groups is 1. The Morgan fingerprint density at radius 2 is 2.11 bits per heavy atom. The van der Waals surface area contributed by atoms with Gasteiger partial charge in [-0.3, -0.25) is 9.48 Å². The SMILES string of the molecule is O=C(Nc1cnn(Cc2ccccc2)c1)C1(O)CC1. The fourth-order valence-corrected chi connectivity index (χ4v) is 1.88. The third-order valence-electron chi connectivity index (χ3n) is 3.22. The van der Waals surface area contributed by atoms with Crippen LogP contribution in [-0.2, 0) is 11.3 Å². The van der Waals surface area contributed by atoms with Crippen LogP contribution in [0.25, 0.3) is 0 Å². The number of benzene rings is 1. The Kier molecular flexibility index (Phi) is 2.83. The summed E-state index contributed by atoms with van der Waals surface area (Å²) in [5, 5.41) is 16.5. The third kappa shape index (κ3) is 2.66. The van der Waals surface area contributed by atoms with E-state index in [1.165, 1.54) is 0 Å². The second-order valence-corrected chi connectivity index (χ2v) is 4.90. The zero-order valence-electron chi connectivity index (χ0n) is 10.4. The van der Waals surface area contributed by atoms with Crippen LogP contribution in [0, 0.1) is 0 Å². The number of carbonyl (C=O) groups excluding carboxylic acids is 1. The number of anilines is 1. The Labute approximate surface area is 110 Å². The van der Waals surface area contributed by atoms with Crippen molar-refractivity contribution in [2.24, 2.45) is 0 Å². The number of rotatable bonds is 4. The first-order valence-electron chi connectivity index (χ1n) is 6.26. The highest BCUT2D eigenvalue weighted by Gasteiger charge is 2.48. The predicted octanol–water partition coefficient (Wildman–Crippen LogP) is 1.39. The lowest BCUT2D eigenvalue weighted by atomic mass is 10.2. The minimum Gasteiger partial charge on any atom is -0.380 e. The lowest BCUT2D eigenvalue weighted by molar-refractivity contribution is -0.125. The molecule has 0 atom stereocenters. The van der Waals surface area contributed by atoms with Crippen molar-refractivity contribution in [2.45, 2.75) is 25.0 Å². The largest absolute Gasteiger partial charge is 0.380 e. The molecule has 0 saturated heterocycles. The van der Waals surface area contributed by atoms with Gasteiger partial charge in [-0.1, -0.05) is 30.3 Å². The van der Waals surface area contributed by atoms with Gasteiger partial charge < -0.3 is 10.4 Å². The van der Waals surface area contributed by atoms with Gasteiger partial charge in [0.25, 0.3) is 5.91 Å². The number of nitrogens with zero attached hydrogens (tertiary/aromatic N) is 2. The molecule has 1 aliphatic rings. The highest BCUT2D eigenvalue weighted by molar-refractivity contribution is 5.98. The molecule has 19 heavy (non-hydrogen) atoms. The number of nitrogens with one attached hydrogen (secondary N) is 1. The Balaban J connectivity index is 1.65. The number of hydrogen-bond donors (Lipinski definition) is 2. The summed E-state index contributed by atoms with van der Waals surface area (Å²) in [5.41, 5.74) is 0.604. The van der Waals surface area contributed by atoms with E-state index in [1.807, 2.05) is 30.3 Å². The highest BCUT2D eigenvalue weighted by Crippen LogP contribution is 2.35. The maximum atomic E-state index is 11.7. The number of aromatic nitrogens is 2. The van der Waals surface area contributed by atoms with Crippen LogP contribution in [0.2, 0.25) is 0 Å². The van der Waals surface area contributed by atoms with Crippen LogP contribution in [0.5, 0.6) is 0 Å². The molecule has 1 aromatic heterocycles. The third-order valence-corrected chi connectivity index (χ3v) is 3.22. The van der Waals surface area contributed by atoms with E-state index >= 15 is 0 Å². The van der Waals surface area contributed by atoms with Gasteiger partial charge in [0.1, 0.15) is 5.60 Å². The van der Waals surface area contributed by atoms with Crippen molar-refractivity contribution in [3.63, 3.8) is 0 Å². The van der Waals surface area contributed by atoms with Crippen molar-refractivity contribution < 1.29 is 9.90 Å². The first-order valence-corrected chi connectivity index (χ1v) is 6.26. The lowest BCUT2D eigenvalue weighted by Gasteiger charge is -2.06. The van der Waals surface area contributed by atoms with Gasteiger partial charge in [0.15, 0.2) is 0 Å². The van der Waals surface area contributed by atoms with Gasteiger partial charge in [-0.05, 0) is 18.4 Å². The van der Waals surface area contributed by atoms with Gasteiger partial charge in [-0.25, -0.2) is 0 Å². The average Bonchev–Trinajstić information content (AvgIpc) is 3.02. The molecule has 1 aliphatic carbocycles. The van der Waals surface area contributed by atoms with Gasteiger partial charge in [-0.15, -0.1) is 0 Å². The molecule has 1 aromatic carbocycles. The zero-order chi connectivity index (χ0) is 13.3. The minimum absolute atomic E-state index is 0.341. The van der Waals surface area contributed by atoms with Crippen LogP contribution >= 0.6 is 0 Å². The number of aliphatic hydroxyl groups is 1. The smallest absolute Gasteiger partial charge is 0.256 e. The van der Waals surface area contributed by atoms with Crippen molar-refractivity contribution in [1.29, 1.82) is 0 Å². The van der Waals surface area contributed by atoms with E-state index < -0.39 is 5.60 Å². The van der Waals surface area contributed by atoms with Crippen molar-refractivity contribution in [1.82, 2.24) is 9.78 Å². The summed E-state index contributed by atoms with van der Waals surface area (Å²) in [4.78, 5) is 11.7. The summed E-state index contributed by atoms with van der Waals surface area (Å²) in [6, 6.07) is 9.96. The fourth-order valence-electron chi connectivity index (χ4n) is 1.88. The van der Waals surface area contributed by atoms with Crippen LogP contribution in [0.4, 0.5) is 5.69 Å². The van der Waals surface area contributed by atoms with Crippen LogP contribution in [-0.4, -0.2) is 26.4 Å². The monoisotopic (exact) mass is 257 g/mol. The highest BCUT2D eigenvalue weighted by atomic mass is 16.3. The van der Waals surface area contributed by atoms with Crippen molar-refractivity contribution in [3.05, 3.63) is 48.3 Å². The number of amides is 1. The summed E-state index contributed by atoms with van der Waals surface area (Å²) >= 11 is 0. The second kappa shape index (κ2) is 4.51. The van der Waals surface area contributed by atoms with E-state index in [9.17, 15) is 9.90 Å². The summed E-state index contributed by atoms with van der Waals surface area (Å²) < 4.78 is 1.75. The molecule has 3 rings (SSSR count). The summed E-state index contributed by atoms with van der Waals surface area (Å²) in [6.45, 7) is 0.654. The van der Waals surface area contributed by atoms with Crippen LogP contribution in [0.3, 0.4) is 0 Å². The Morgan fingerprint density at radius 1 is 1.37 bits per heavy atom. The van der Waals surface area contributed by atoms with E-state index in [0.29, 0.717) is 25.1 Å². The quantitative estimate of drug-likeness (QED) is 0.870. The zero-order valence-corrected chi connectivity index (χ0v) is 10.4. The average molecular weight is 257 g/mol. The Bertz CT molecular complexity index is 588. The minimum atomic E-state index is -1.15. The molecule has 1 amide bonds. The summed E-state index contributed by atoms with van der Waals surface area (Å²) in [7, 11) is 0. The normalized spacial score (nSPS) is 16.1. The van der Waals surface area contributed by atoms with Gasteiger partial charge in [-0.2, -0.15) is 5.10 Å². The van der Waals surface area contributed by atoms with E-state index in [2.05, 4.69) is 10.4 Å². The van der Waals surface area contributed by atoms with E-state index in [4.69, 9.17) is 0 Å². The first kappa shape index (κ1) is 11.9. The van der Waals surface area contributed by atoms with Crippen molar-refractivity contribution in [2.75, 3.05) is 5.32 Å². The lowest BCUT2D eigenvalue weighted by Crippen LogP contribution is -2.28. The van der Waals surface area contributed by atoms with Crippen molar-refractivity contribution in [3.8, 4) is 0 Å². The van der Waals surface area contributed by atoms with Gasteiger partial charge in [0.2, 0.25) is 0 Å². The van der Waals surface area contributed by atoms with Gasteiger partial charge >= 0.3 is 0 Å². The molecule has 0 spiro atoms. The standard InChI is InChI=1S/C14H15N3O2/c18-13(14(19)6-7-14)16-12-8-15-17(10-12)9-11-4-2-1-3-5-11/h1-5,8,10,19H,6-7,9H2,(H,16,18). The second-order valence-electron chi connectivity index (χ2n) is 4.90. The van der Waals surface area contributed by atoms with Crippen LogP contribution in [0.1, 0.15) is 18.4 Å². The van der Waals surface area contributed by atoms with E-state index in [0.717, 1.165) is 5.56 Å². The molecule has 0 radical (unpaired) electrons. The molecule has 1 fully saturated rings. The topological polar surface area (TPSA) is 67.2 Å². The van der Waals surface area contributed by atoms with E-state index in [-0.39, 0.29) is 5.91 Å². The molecule has 1 heterocycles. The maximum Gasteiger partial charge on any atom is 0.256 e. The van der Waals surface area contributed by atoms with Crippen LogP contribution < -0.4 is 5.32 Å². The molecule has 0 aliphatic heterocycles. The van der Waals surface area contributed by atoms with E-state index in [1.54, 1.807) is 17.1 Å². The number of hydrogen-bond acceptors (Lipinski definition) is 3. The fraction of sp³-hybridized carbons (Fsp3) is 0.286. The Hall–Kier alpha value is -2.14. The molecule has 0 bridgehead atoms. The molecule has 5 heteroatoms. The molecule has 0 unspecified atom stereocenters. The molecule has 2 aromatic rings. The molecule has 5 nitrogen and oxygen atoms in total. The summed E-state index contributed by atoms with van der Waals surface area (Å²) in [6.07, 6.45) is 4.43. The molecule has 98 valence electrons. The molecule has 2 N–H and O–H groups in total. The molecular weight excluding hydrogens is 242 g/mol. The summed E-state index contributed by atoms with van der Waals surface area (Å²) in [5.74, 6) is -0.341. The first-order chi connectivity index (χ1) is 9.16.